The number of carboxylic acids is 1. The Morgan fingerprint density at radius 2 is 1.62 bits per heavy atom. The van der Waals surface area contributed by atoms with E-state index in [1.807, 2.05) is 0 Å². The topological polar surface area (TPSA) is 66.4 Å². The molecule has 2 N–H and O–H groups in total. The number of halogens is 4. The van der Waals surface area contributed by atoms with Gasteiger partial charge in [0.05, 0.1) is 5.56 Å². The summed E-state index contributed by atoms with van der Waals surface area (Å²) in [6, 6.07) is 0. The fraction of sp³-hybridized carbons (Fsp3) is 0.231. The molecule has 1 aromatic rings. The average molecular weight is 305 g/mol. The minimum absolute atomic E-state index is 0.169. The van der Waals surface area contributed by atoms with Crippen LogP contribution in [0, 0.1) is 23.3 Å². The van der Waals surface area contributed by atoms with Crippen molar-refractivity contribution in [2.75, 3.05) is 6.54 Å². The van der Waals surface area contributed by atoms with E-state index in [0.29, 0.717) is 0 Å². The van der Waals surface area contributed by atoms with Gasteiger partial charge in [0, 0.05) is 13.5 Å². The lowest BCUT2D eigenvalue weighted by Crippen LogP contribution is -2.20. The molecule has 0 spiro atoms. The van der Waals surface area contributed by atoms with Crippen LogP contribution in [0.4, 0.5) is 17.6 Å². The van der Waals surface area contributed by atoms with Crippen LogP contribution < -0.4 is 5.32 Å². The van der Waals surface area contributed by atoms with Crippen LogP contribution in [0.3, 0.4) is 0 Å². The summed E-state index contributed by atoms with van der Waals surface area (Å²) in [7, 11) is 0. The maximum atomic E-state index is 13.5. The first kappa shape index (κ1) is 16.7. The summed E-state index contributed by atoms with van der Waals surface area (Å²) in [5.74, 6) is -9.93. The number of carbonyl (C=O) groups is 2. The van der Waals surface area contributed by atoms with Crippen molar-refractivity contribution in [3.8, 4) is 0 Å². The Kier molecular flexibility index (Phi) is 5.45. The summed E-state index contributed by atoms with van der Waals surface area (Å²) in [6.45, 7) is 1.45. The predicted octanol–water partition coefficient (Wildman–Crippen LogP) is 2.48. The average Bonchev–Trinajstić information content (AvgIpc) is 2.39. The molecule has 0 radical (unpaired) electrons. The maximum absolute atomic E-state index is 13.5. The Morgan fingerprint density at radius 1 is 1.10 bits per heavy atom. The van der Waals surface area contributed by atoms with Crippen molar-refractivity contribution in [2.45, 2.75) is 13.3 Å². The number of benzene rings is 1. The molecule has 1 rings (SSSR count). The third-order valence-electron chi connectivity index (χ3n) is 2.48. The molecule has 0 aromatic heterocycles. The summed E-state index contributed by atoms with van der Waals surface area (Å²) in [5.41, 5.74) is -2.70. The number of aromatic carboxylic acids is 1. The molecule has 1 amide bonds. The number of carbonyl (C=O) groups excluding carboxylic acids is 1. The summed E-state index contributed by atoms with van der Waals surface area (Å²) in [5, 5.41) is 10.9. The Hall–Kier alpha value is -2.38. The molecule has 0 aliphatic heterocycles. The highest BCUT2D eigenvalue weighted by molar-refractivity contribution is 5.88. The molecular formula is C13H11F4NO3. The predicted molar refractivity (Wildman–Crippen MR) is 65.6 cm³/mol. The lowest BCUT2D eigenvalue weighted by molar-refractivity contribution is -0.118. The summed E-state index contributed by atoms with van der Waals surface area (Å²) in [4.78, 5) is 21.1. The summed E-state index contributed by atoms with van der Waals surface area (Å²) < 4.78 is 53.8. The number of rotatable bonds is 5. The molecule has 0 atom stereocenters. The Labute approximate surface area is 117 Å². The van der Waals surface area contributed by atoms with Gasteiger partial charge in [-0.1, -0.05) is 12.2 Å². The number of nitrogens with one attached hydrogen (secondary N) is 1. The first-order chi connectivity index (χ1) is 9.77. The SMILES string of the molecule is CC(=O)NCCC=Cc1c(F)c(F)c(C(=O)O)c(F)c1F. The zero-order valence-corrected chi connectivity index (χ0v) is 10.8. The minimum Gasteiger partial charge on any atom is -0.477 e. The molecule has 114 valence electrons. The highest BCUT2D eigenvalue weighted by atomic mass is 19.2. The molecule has 0 bridgehead atoms. The second-order valence-corrected chi connectivity index (χ2v) is 4.02. The van der Waals surface area contributed by atoms with Crippen molar-refractivity contribution in [3.05, 3.63) is 40.5 Å². The van der Waals surface area contributed by atoms with Gasteiger partial charge in [-0.25, -0.2) is 22.4 Å². The van der Waals surface area contributed by atoms with Crippen LogP contribution in [0.25, 0.3) is 6.08 Å². The number of carboxylic acid groups (broad SMARTS) is 1. The van der Waals surface area contributed by atoms with Crippen molar-refractivity contribution in [1.29, 1.82) is 0 Å². The largest absolute Gasteiger partial charge is 0.477 e. The van der Waals surface area contributed by atoms with Crippen LogP contribution in [0.2, 0.25) is 0 Å². The van der Waals surface area contributed by atoms with E-state index in [2.05, 4.69) is 5.32 Å². The third-order valence-corrected chi connectivity index (χ3v) is 2.48. The fourth-order valence-corrected chi connectivity index (χ4v) is 1.52. The van der Waals surface area contributed by atoms with Crippen LogP contribution in [-0.4, -0.2) is 23.5 Å². The fourth-order valence-electron chi connectivity index (χ4n) is 1.52. The van der Waals surface area contributed by atoms with Crippen molar-refractivity contribution in [1.82, 2.24) is 5.32 Å². The zero-order chi connectivity index (χ0) is 16.2. The molecule has 0 fully saturated rings. The van der Waals surface area contributed by atoms with E-state index in [-0.39, 0.29) is 18.9 Å². The van der Waals surface area contributed by atoms with E-state index in [4.69, 9.17) is 5.11 Å². The second-order valence-electron chi connectivity index (χ2n) is 4.02. The molecule has 0 aliphatic carbocycles. The van der Waals surface area contributed by atoms with Gasteiger partial charge in [-0.2, -0.15) is 0 Å². The molecule has 0 saturated carbocycles. The minimum atomic E-state index is -2.11. The highest BCUT2D eigenvalue weighted by Gasteiger charge is 2.27. The van der Waals surface area contributed by atoms with Crippen LogP contribution in [0.15, 0.2) is 6.08 Å². The van der Waals surface area contributed by atoms with Crippen molar-refractivity contribution >= 4 is 18.0 Å². The number of hydrogen-bond acceptors (Lipinski definition) is 2. The van der Waals surface area contributed by atoms with Crippen LogP contribution >= 0.6 is 0 Å². The molecular weight excluding hydrogens is 294 g/mol. The highest BCUT2D eigenvalue weighted by Crippen LogP contribution is 2.25. The van der Waals surface area contributed by atoms with E-state index >= 15 is 0 Å². The maximum Gasteiger partial charge on any atom is 0.341 e. The lowest BCUT2D eigenvalue weighted by Gasteiger charge is -2.06. The first-order valence-electron chi connectivity index (χ1n) is 5.77. The Morgan fingerprint density at radius 3 is 2.05 bits per heavy atom. The van der Waals surface area contributed by atoms with Gasteiger partial charge in [-0.3, -0.25) is 4.79 Å². The third kappa shape index (κ3) is 3.80. The monoisotopic (exact) mass is 305 g/mol. The molecule has 0 heterocycles. The normalized spacial score (nSPS) is 10.9. The number of amides is 1. The molecule has 0 aliphatic rings. The van der Waals surface area contributed by atoms with Gasteiger partial charge >= 0.3 is 5.97 Å². The van der Waals surface area contributed by atoms with E-state index in [1.165, 1.54) is 13.0 Å². The number of hydrogen-bond donors (Lipinski definition) is 2. The molecule has 0 unspecified atom stereocenters. The van der Waals surface area contributed by atoms with Gasteiger partial charge in [0.15, 0.2) is 23.3 Å². The molecule has 4 nitrogen and oxygen atoms in total. The van der Waals surface area contributed by atoms with Crippen molar-refractivity contribution < 1.29 is 32.3 Å². The molecule has 8 heteroatoms. The Bertz CT molecular complexity index is 585. The lowest BCUT2D eigenvalue weighted by atomic mass is 10.1. The van der Waals surface area contributed by atoms with Gasteiger partial charge in [0.2, 0.25) is 5.91 Å². The first-order valence-corrected chi connectivity index (χ1v) is 5.77. The van der Waals surface area contributed by atoms with Gasteiger partial charge < -0.3 is 10.4 Å². The van der Waals surface area contributed by atoms with E-state index in [9.17, 15) is 27.2 Å². The van der Waals surface area contributed by atoms with Gasteiger partial charge in [0.1, 0.15) is 5.56 Å². The van der Waals surface area contributed by atoms with Crippen molar-refractivity contribution in [3.63, 3.8) is 0 Å². The zero-order valence-electron chi connectivity index (χ0n) is 10.8. The second kappa shape index (κ2) is 6.87. The van der Waals surface area contributed by atoms with Crippen LogP contribution in [0.5, 0.6) is 0 Å². The van der Waals surface area contributed by atoms with Gasteiger partial charge in [0.25, 0.3) is 0 Å². The van der Waals surface area contributed by atoms with Gasteiger partial charge in [-0.05, 0) is 6.42 Å². The Balaban J connectivity index is 3.07. The molecule has 21 heavy (non-hydrogen) atoms. The quantitative estimate of drug-likeness (QED) is 0.499. The standard InChI is InChI=1S/C13H11F4NO3/c1-6(19)18-5-3-2-4-7-9(14)11(16)8(13(20)21)12(17)10(7)15/h2,4H,3,5H2,1H3,(H,18,19)(H,20,21). The molecule has 0 saturated heterocycles. The van der Waals surface area contributed by atoms with Gasteiger partial charge in [-0.15, -0.1) is 0 Å². The van der Waals surface area contributed by atoms with Crippen molar-refractivity contribution in [2.24, 2.45) is 0 Å². The van der Waals surface area contributed by atoms with Crippen LogP contribution in [0.1, 0.15) is 29.3 Å². The van der Waals surface area contributed by atoms with E-state index in [0.717, 1.165) is 6.08 Å². The summed E-state index contributed by atoms with van der Waals surface area (Å²) >= 11 is 0. The van der Waals surface area contributed by atoms with E-state index in [1.54, 1.807) is 0 Å². The van der Waals surface area contributed by atoms with Crippen LogP contribution in [-0.2, 0) is 4.79 Å². The molecule has 1 aromatic carbocycles. The summed E-state index contributed by atoms with van der Waals surface area (Å²) in [6.07, 6.45) is 2.14. The smallest absolute Gasteiger partial charge is 0.341 e. The van der Waals surface area contributed by atoms with E-state index < -0.39 is 40.4 Å².